The lowest BCUT2D eigenvalue weighted by Gasteiger charge is -2.45. The molecule has 0 saturated carbocycles. The van der Waals surface area contributed by atoms with Gasteiger partial charge in [-0.3, -0.25) is 4.79 Å². The predicted molar refractivity (Wildman–Crippen MR) is 44.2 cm³/mol. The van der Waals surface area contributed by atoms with Crippen molar-refractivity contribution in [2.75, 3.05) is 6.61 Å². The van der Waals surface area contributed by atoms with Crippen molar-refractivity contribution >= 4 is 5.97 Å². The molecule has 7 heteroatoms. The molecule has 0 aromatic rings. The van der Waals surface area contributed by atoms with E-state index >= 15 is 0 Å². The lowest BCUT2D eigenvalue weighted by molar-refractivity contribution is -0.335. The molecule has 2 heterocycles. The topological polar surface area (TPSA) is 55.8 Å². The number of hydrogen-bond donors (Lipinski definition) is 1. The Balaban J connectivity index is 2.31. The van der Waals surface area contributed by atoms with Crippen LogP contribution in [0.2, 0.25) is 0 Å². The number of carbonyl (C=O) groups is 1. The molecule has 2 saturated heterocycles. The fourth-order valence-corrected chi connectivity index (χ4v) is 2.17. The minimum absolute atomic E-state index is 0.133. The fraction of sp³-hybridized carbons (Fsp3) is 0.889. The van der Waals surface area contributed by atoms with Crippen LogP contribution in [0.3, 0.4) is 0 Å². The SMILES string of the molecule is O=C1CC(O)(C(F)(F)F)C2CCCOC2O1. The third-order valence-corrected chi connectivity index (χ3v) is 3.04. The summed E-state index contributed by atoms with van der Waals surface area (Å²) in [5, 5.41) is 9.67. The molecule has 0 spiro atoms. The Kier molecular flexibility index (Phi) is 2.62. The number of esters is 1. The zero-order valence-corrected chi connectivity index (χ0v) is 8.29. The average Bonchev–Trinajstić information content (AvgIpc) is 2.15. The number of alkyl halides is 3. The summed E-state index contributed by atoms with van der Waals surface area (Å²) < 4.78 is 47.9. The summed E-state index contributed by atoms with van der Waals surface area (Å²) in [4.78, 5) is 11.0. The maximum Gasteiger partial charge on any atom is 0.418 e. The first-order valence-corrected chi connectivity index (χ1v) is 4.95. The third-order valence-electron chi connectivity index (χ3n) is 3.04. The Bertz CT molecular complexity index is 304. The molecule has 0 aromatic carbocycles. The van der Waals surface area contributed by atoms with Crippen LogP contribution in [-0.2, 0) is 14.3 Å². The second-order valence-corrected chi connectivity index (χ2v) is 4.08. The first-order chi connectivity index (χ1) is 7.34. The molecular formula is C9H11F3O4. The molecule has 16 heavy (non-hydrogen) atoms. The van der Waals surface area contributed by atoms with Crippen LogP contribution in [0.1, 0.15) is 19.3 Å². The van der Waals surface area contributed by atoms with Gasteiger partial charge in [-0.25, -0.2) is 0 Å². The van der Waals surface area contributed by atoms with Crippen LogP contribution >= 0.6 is 0 Å². The van der Waals surface area contributed by atoms with Gasteiger partial charge >= 0.3 is 12.1 Å². The summed E-state index contributed by atoms with van der Waals surface area (Å²) in [5.74, 6) is -2.30. The maximum atomic E-state index is 12.8. The fourth-order valence-electron chi connectivity index (χ4n) is 2.17. The zero-order valence-electron chi connectivity index (χ0n) is 8.29. The largest absolute Gasteiger partial charge is 0.435 e. The normalized spacial score (nSPS) is 40.1. The monoisotopic (exact) mass is 240 g/mol. The summed E-state index contributed by atoms with van der Waals surface area (Å²) in [5.41, 5.74) is -3.02. The Morgan fingerprint density at radius 1 is 1.44 bits per heavy atom. The molecule has 2 fully saturated rings. The van der Waals surface area contributed by atoms with E-state index < -0.39 is 36.4 Å². The molecule has 2 aliphatic heterocycles. The molecule has 0 amide bonds. The summed E-state index contributed by atoms with van der Waals surface area (Å²) >= 11 is 0. The van der Waals surface area contributed by atoms with Gasteiger partial charge in [0.1, 0.15) is 0 Å². The number of ether oxygens (including phenoxy) is 2. The Hall–Kier alpha value is -0.820. The molecule has 0 bridgehead atoms. The lowest BCUT2D eigenvalue weighted by atomic mass is 9.78. The number of aliphatic hydroxyl groups is 1. The van der Waals surface area contributed by atoms with Crippen LogP contribution in [0.25, 0.3) is 0 Å². The van der Waals surface area contributed by atoms with Crippen molar-refractivity contribution in [1.29, 1.82) is 0 Å². The smallest absolute Gasteiger partial charge is 0.418 e. The second-order valence-electron chi connectivity index (χ2n) is 4.08. The summed E-state index contributed by atoms with van der Waals surface area (Å²) in [7, 11) is 0. The zero-order chi connectivity index (χ0) is 12.0. The van der Waals surface area contributed by atoms with Crippen LogP contribution in [-0.4, -0.2) is 35.8 Å². The van der Waals surface area contributed by atoms with Gasteiger partial charge in [-0.2, -0.15) is 13.2 Å². The van der Waals surface area contributed by atoms with E-state index in [1.807, 2.05) is 0 Å². The lowest BCUT2D eigenvalue weighted by Crippen LogP contribution is -2.61. The van der Waals surface area contributed by atoms with Crippen LogP contribution in [0, 0.1) is 5.92 Å². The van der Waals surface area contributed by atoms with E-state index in [2.05, 4.69) is 4.74 Å². The Morgan fingerprint density at radius 3 is 2.75 bits per heavy atom. The van der Waals surface area contributed by atoms with Gasteiger partial charge in [-0.05, 0) is 12.8 Å². The van der Waals surface area contributed by atoms with Gasteiger partial charge in [0.15, 0.2) is 5.60 Å². The van der Waals surface area contributed by atoms with Gasteiger partial charge < -0.3 is 14.6 Å². The van der Waals surface area contributed by atoms with Crippen molar-refractivity contribution in [3.63, 3.8) is 0 Å². The second kappa shape index (κ2) is 3.59. The van der Waals surface area contributed by atoms with Gasteiger partial charge in [0.2, 0.25) is 6.29 Å². The van der Waals surface area contributed by atoms with E-state index in [1.165, 1.54) is 0 Å². The Morgan fingerprint density at radius 2 is 2.12 bits per heavy atom. The van der Waals surface area contributed by atoms with Crippen molar-refractivity contribution in [3.8, 4) is 0 Å². The number of carbonyl (C=O) groups excluding carboxylic acids is 1. The van der Waals surface area contributed by atoms with Crippen molar-refractivity contribution < 1.29 is 32.5 Å². The van der Waals surface area contributed by atoms with E-state index in [4.69, 9.17) is 4.74 Å². The molecule has 0 aromatic heterocycles. The van der Waals surface area contributed by atoms with Gasteiger partial charge in [0.05, 0.1) is 18.9 Å². The molecule has 92 valence electrons. The number of halogens is 3. The third kappa shape index (κ3) is 1.67. The summed E-state index contributed by atoms with van der Waals surface area (Å²) in [6, 6.07) is 0. The summed E-state index contributed by atoms with van der Waals surface area (Å²) in [6.07, 6.45) is -6.64. The van der Waals surface area contributed by atoms with Gasteiger partial charge in [0.25, 0.3) is 0 Å². The molecule has 3 unspecified atom stereocenters. The minimum Gasteiger partial charge on any atom is -0.435 e. The molecule has 2 aliphatic rings. The van der Waals surface area contributed by atoms with Crippen molar-refractivity contribution in [3.05, 3.63) is 0 Å². The Labute approximate surface area is 89.3 Å². The van der Waals surface area contributed by atoms with Crippen LogP contribution in [0.5, 0.6) is 0 Å². The average molecular weight is 240 g/mol. The van der Waals surface area contributed by atoms with Crippen molar-refractivity contribution in [2.45, 2.75) is 37.3 Å². The standard InChI is InChI=1S/C9H11F3O4/c10-9(11,12)8(14)4-6(13)16-7-5(8)2-1-3-15-7/h5,7,14H,1-4H2. The quantitative estimate of drug-likeness (QED) is 0.641. The number of fused-ring (bicyclic) bond motifs is 1. The molecule has 1 N–H and O–H groups in total. The van der Waals surface area contributed by atoms with E-state index in [-0.39, 0.29) is 13.0 Å². The number of rotatable bonds is 0. The first-order valence-electron chi connectivity index (χ1n) is 4.95. The van der Waals surface area contributed by atoms with Gasteiger partial charge in [0, 0.05) is 0 Å². The van der Waals surface area contributed by atoms with Gasteiger partial charge in [-0.15, -0.1) is 0 Å². The molecule has 2 rings (SSSR count). The number of hydrogen-bond acceptors (Lipinski definition) is 4. The maximum absolute atomic E-state index is 12.8. The van der Waals surface area contributed by atoms with E-state index in [0.717, 1.165) is 0 Å². The molecule has 4 nitrogen and oxygen atoms in total. The summed E-state index contributed by atoms with van der Waals surface area (Å²) in [6.45, 7) is 0.238. The minimum atomic E-state index is -4.85. The highest BCUT2D eigenvalue weighted by Gasteiger charge is 2.65. The van der Waals surface area contributed by atoms with Crippen LogP contribution in [0.15, 0.2) is 0 Å². The first kappa shape index (κ1) is 11.7. The van der Waals surface area contributed by atoms with Crippen molar-refractivity contribution in [2.24, 2.45) is 5.92 Å². The van der Waals surface area contributed by atoms with Gasteiger partial charge in [-0.1, -0.05) is 0 Å². The molecule has 3 atom stereocenters. The van der Waals surface area contributed by atoms with Crippen molar-refractivity contribution in [1.82, 2.24) is 0 Å². The molecular weight excluding hydrogens is 229 g/mol. The van der Waals surface area contributed by atoms with E-state index in [9.17, 15) is 23.1 Å². The predicted octanol–water partition coefficient (Wildman–Crippen LogP) is 0.979. The van der Waals surface area contributed by atoms with Crippen LogP contribution < -0.4 is 0 Å². The molecule has 0 radical (unpaired) electrons. The highest BCUT2D eigenvalue weighted by atomic mass is 19.4. The van der Waals surface area contributed by atoms with E-state index in [0.29, 0.717) is 6.42 Å². The highest BCUT2D eigenvalue weighted by molar-refractivity contribution is 5.72. The molecule has 0 aliphatic carbocycles. The van der Waals surface area contributed by atoms with Crippen LogP contribution in [0.4, 0.5) is 13.2 Å². The highest BCUT2D eigenvalue weighted by Crippen LogP contribution is 2.47. The van der Waals surface area contributed by atoms with E-state index in [1.54, 1.807) is 0 Å².